The van der Waals surface area contributed by atoms with Crippen LogP contribution in [0.3, 0.4) is 0 Å². The van der Waals surface area contributed by atoms with E-state index in [1.807, 2.05) is 0 Å². The molecule has 104 valence electrons. The minimum Gasteiger partial charge on any atom is -0.478 e. The molecule has 0 amide bonds. The average Bonchev–Trinajstić information content (AvgIpc) is 2.54. The molecule has 0 aliphatic carbocycles. The third-order valence-corrected chi connectivity index (χ3v) is 3.78. The van der Waals surface area contributed by atoms with Crippen molar-refractivity contribution in [2.75, 3.05) is 6.54 Å². The van der Waals surface area contributed by atoms with Crippen molar-refractivity contribution in [1.29, 1.82) is 0 Å². The number of carboxylic acids is 1. The van der Waals surface area contributed by atoms with Gasteiger partial charge in [-0.3, -0.25) is 4.90 Å². The van der Waals surface area contributed by atoms with E-state index in [2.05, 4.69) is 11.8 Å². The smallest absolute Gasteiger partial charge is 0.335 e. The third-order valence-electron chi connectivity index (χ3n) is 3.78. The summed E-state index contributed by atoms with van der Waals surface area (Å²) in [4.78, 5) is 13.2. The molecule has 1 aliphatic rings. The lowest BCUT2D eigenvalue weighted by atomic mass is 10.1. The molecule has 1 aliphatic heterocycles. The number of halogens is 1. The Balaban J connectivity index is 2.15. The molecule has 1 saturated heterocycles. The van der Waals surface area contributed by atoms with Crippen molar-refractivity contribution in [3.63, 3.8) is 0 Å². The van der Waals surface area contributed by atoms with Gasteiger partial charge in [0.15, 0.2) is 0 Å². The molecule has 0 saturated carbocycles. The van der Waals surface area contributed by atoms with Crippen molar-refractivity contribution in [3.8, 4) is 0 Å². The lowest BCUT2D eigenvalue weighted by Crippen LogP contribution is -2.32. The number of aromatic carboxylic acids is 1. The van der Waals surface area contributed by atoms with Crippen LogP contribution < -0.4 is 0 Å². The Labute approximate surface area is 113 Å². The molecule has 1 aromatic carbocycles. The predicted octanol–water partition coefficient (Wildman–Crippen LogP) is 3.29. The largest absolute Gasteiger partial charge is 0.478 e. The highest BCUT2D eigenvalue weighted by molar-refractivity contribution is 5.87. The first-order chi connectivity index (χ1) is 9.06. The van der Waals surface area contributed by atoms with Crippen LogP contribution in [0, 0.1) is 5.82 Å². The number of benzene rings is 1. The third kappa shape index (κ3) is 3.77. The molecule has 3 nitrogen and oxygen atoms in total. The quantitative estimate of drug-likeness (QED) is 0.911. The summed E-state index contributed by atoms with van der Waals surface area (Å²) in [6.45, 7) is 3.81. The molecular formula is C15H20FNO2. The van der Waals surface area contributed by atoms with Gasteiger partial charge in [0.05, 0.1) is 5.56 Å². The Hall–Kier alpha value is -1.42. The summed E-state index contributed by atoms with van der Waals surface area (Å²) >= 11 is 0. The Morgan fingerprint density at radius 3 is 2.89 bits per heavy atom. The fraction of sp³-hybridized carbons (Fsp3) is 0.533. The van der Waals surface area contributed by atoms with E-state index in [0.29, 0.717) is 12.6 Å². The van der Waals surface area contributed by atoms with E-state index >= 15 is 0 Å². The van der Waals surface area contributed by atoms with Gasteiger partial charge in [0, 0.05) is 12.6 Å². The molecule has 0 spiro atoms. The summed E-state index contributed by atoms with van der Waals surface area (Å²) < 4.78 is 13.4. The van der Waals surface area contributed by atoms with Crippen molar-refractivity contribution in [2.24, 2.45) is 0 Å². The van der Waals surface area contributed by atoms with Gasteiger partial charge in [0.1, 0.15) is 5.82 Å². The molecule has 1 N–H and O–H groups in total. The highest BCUT2D eigenvalue weighted by atomic mass is 19.1. The highest BCUT2D eigenvalue weighted by Crippen LogP contribution is 2.20. The number of hydrogen-bond donors (Lipinski definition) is 1. The number of likely N-dealkylation sites (tertiary alicyclic amines) is 1. The number of carboxylic acid groups (broad SMARTS) is 1. The number of nitrogens with zero attached hydrogens (tertiary/aromatic N) is 1. The zero-order chi connectivity index (χ0) is 13.8. The van der Waals surface area contributed by atoms with E-state index in [-0.39, 0.29) is 5.56 Å². The van der Waals surface area contributed by atoms with Crippen LogP contribution in [0.25, 0.3) is 0 Å². The fourth-order valence-electron chi connectivity index (χ4n) is 2.67. The van der Waals surface area contributed by atoms with E-state index in [1.54, 1.807) is 6.07 Å². The first-order valence-corrected chi connectivity index (χ1v) is 6.83. The Morgan fingerprint density at radius 1 is 1.37 bits per heavy atom. The Bertz CT molecular complexity index is 461. The molecular weight excluding hydrogens is 245 g/mol. The molecule has 1 aromatic rings. The van der Waals surface area contributed by atoms with Crippen molar-refractivity contribution in [2.45, 2.75) is 45.2 Å². The molecule has 19 heavy (non-hydrogen) atoms. The average molecular weight is 265 g/mol. The van der Waals surface area contributed by atoms with Gasteiger partial charge >= 0.3 is 5.97 Å². The monoisotopic (exact) mass is 265 g/mol. The summed E-state index contributed by atoms with van der Waals surface area (Å²) in [6.07, 6.45) is 4.79. The zero-order valence-electron chi connectivity index (χ0n) is 11.2. The minimum absolute atomic E-state index is 0.0254. The first kappa shape index (κ1) is 14.0. The lowest BCUT2D eigenvalue weighted by Gasteiger charge is -2.27. The van der Waals surface area contributed by atoms with E-state index in [1.165, 1.54) is 18.9 Å². The molecule has 1 heterocycles. The van der Waals surface area contributed by atoms with Crippen LogP contribution in [0.2, 0.25) is 0 Å². The summed E-state index contributed by atoms with van der Waals surface area (Å²) in [7, 11) is 0. The van der Waals surface area contributed by atoms with Gasteiger partial charge < -0.3 is 5.11 Å². The van der Waals surface area contributed by atoms with Crippen LogP contribution in [0.1, 0.15) is 48.5 Å². The molecule has 0 radical (unpaired) electrons. The summed E-state index contributed by atoms with van der Waals surface area (Å²) in [5, 5.41) is 8.96. The van der Waals surface area contributed by atoms with Gasteiger partial charge in [-0.1, -0.05) is 12.8 Å². The van der Waals surface area contributed by atoms with Gasteiger partial charge in [-0.05, 0) is 50.1 Å². The van der Waals surface area contributed by atoms with Crippen LogP contribution in [-0.4, -0.2) is 28.6 Å². The van der Waals surface area contributed by atoms with Crippen molar-refractivity contribution >= 4 is 5.97 Å². The van der Waals surface area contributed by atoms with Crippen LogP contribution in [0.4, 0.5) is 4.39 Å². The highest BCUT2D eigenvalue weighted by Gasteiger charge is 2.18. The molecule has 1 fully saturated rings. The van der Waals surface area contributed by atoms with Crippen LogP contribution in [0.5, 0.6) is 0 Å². The second-order valence-electron chi connectivity index (χ2n) is 5.32. The maximum absolute atomic E-state index is 13.4. The summed E-state index contributed by atoms with van der Waals surface area (Å²) in [5.74, 6) is -1.55. The molecule has 4 heteroatoms. The predicted molar refractivity (Wildman–Crippen MR) is 71.7 cm³/mol. The number of rotatable bonds is 3. The number of carbonyl (C=O) groups is 1. The molecule has 1 unspecified atom stereocenters. The Kier molecular flexibility index (Phi) is 4.53. The molecule has 0 bridgehead atoms. The van der Waals surface area contributed by atoms with Gasteiger partial charge in [0.2, 0.25) is 0 Å². The minimum atomic E-state index is -1.08. The molecule has 1 atom stereocenters. The summed E-state index contributed by atoms with van der Waals surface area (Å²) in [5.41, 5.74) is 0.767. The maximum Gasteiger partial charge on any atom is 0.335 e. The van der Waals surface area contributed by atoms with Crippen LogP contribution >= 0.6 is 0 Å². The van der Waals surface area contributed by atoms with E-state index in [4.69, 9.17) is 5.11 Å². The second kappa shape index (κ2) is 6.15. The zero-order valence-corrected chi connectivity index (χ0v) is 11.2. The van der Waals surface area contributed by atoms with Crippen molar-refractivity contribution < 1.29 is 14.3 Å². The van der Waals surface area contributed by atoms with E-state index < -0.39 is 11.8 Å². The van der Waals surface area contributed by atoms with Gasteiger partial charge in [-0.15, -0.1) is 0 Å². The fourth-order valence-corrected chi connectivity index (χ4v) is 2.67. The van der Waals surface area contributed by atoms with E-state index in [9.17, 15) is 9.18 Å². The standard InChI is InChI=1S/C15H20FNO2/c1-11-5-3-2-4-6-17(11)10-12-7-13(15(18)19)9-14(16)8-12/h7-9,11H,2-6,10H2,1H3,(H,18,19). The summed E-state index contributed by atoms with van der Waals surface area (Å²) in [6, 6.07) is 4.55. The van der Waals surface area contributed by atoms with Gasteiger partial charge in [-0.2, -0.15) is 0 Å². The topological polar surface area (TPSA) is 40.5 Å². The van der Waals surface area contributed by atoms with E-state index in [0.717, 1.165) is 31.0 Å². The number of hydrogen-bond acceptors (Lipinski definition) is 2. The van der Waals surface area contributed by atoms with Crippen LogP contribution in [-0.2, 0) is 6.54 Å². The van der Waals surface area contributed by atoms with Crippen molar-refractivity contribution in [3.05, 3.63) is 35.1 Å². The first-order valence-electron chi connectivity index (χ1n) is 6.83. The van der Waals surface area contributed by atoms with Crippen molar-refractivity contribution in [1.82, 2.24) is 4.90 Å². The maximum atomic E-state index is 13.4. The lowest BCUT2D eigenvalue weighted by molar-refractivity contribution is 0.0696. The van der Waals surface area contributed by atoms with Crippen LogP contribution in [0.15, 0.2) is 18.2 Å². The normalized spacial score (nSPS) is 21.1. The van der Waals surface area contributed by atoms with Gasteiger partial charge in [-0.25, -0.2) is 9.18 Å². The molecule has 2 rings (SSSR count). The SMILES string of the molecule is CC1CCCCCN1Cc1cc(F)cc(C(=O)O)c1. The van der Waals surface area contributed by atoms with Gasteiger partial charge in [0.25, 0.3) is 0 Å². The Morgan fingerprint density at radius 2 is 2.16 bits per heavy atom. The second-order valence-corrected chi connectivity index (χ2v) is 5.32. The molecule has 0 aromatic heterocycles.